The van der Waals surface area contributed by atoms with Gasteiger partial charge in [-0.05, 0) is 38.0 Å². The van der Waals surface area contributed by atoms with Gasteiger partial charge in [-0.1, -0.05) is 26.8 Å². The van der Waals surface area contributed by atoms with Crippen LogP contribution in [0.3, 0.4) is 0 Å². The Bertz CT molecular complexity index is 671. The van der Waals surface area contributed by atoms with Gasteiger partial charge in [-0.2, -0.15) is 0 Å². The lowest BCUT2D eigenvalue weighted by atomic mass is 9.96. The molecule has 28 heavy (non-hydrogen) atoms. The first-order valence-corrected chi connectivity index (χ1v) is 10.1. The SMILES string of the molecule is CCNC(=NCCNC(=O)C(C)(C)C)NC1CCCN(c2cccc(F)c2)C1. The third-order valence-corrected chi connectivity index (χ3v) is 4.63. The van der Waals surface area contributed by atoms with E-state index >= 15 is 0 Å². The predicted octanol–water partition coefficient (Wildman–Crippen LogP) is 2.51. The topological polar surface area (TPSA) is 68.8 Å². The van der Waals surface area contributed by atoms with Crippen LogP contribution >= 0.6 is 0 Å². The molecular weight excluding hydrogens is 357 g/mol. The Balaban J connectivity index is 1.89. The summed E-state index contributed by atoms with van der Waals surface area (Å²) in [5, 5.41) is 9.65. The summed E-state index contributed by atoms with van der Waals surface area (Å²) in [5.41, 5.74) is 0.521. The number of guanidine groups is 1. The number of anilines is 1. The molecule has 1 aliphatic heterocycles. The molecule has 0 radical (unpaired) electrons. The van der Waals surface area contributed by atoms with Crippen molar-refractivity contribution in [3.05, 3.63) is 30.1 Å². The van der Waals surface area contributed by atoms with Crippen molar-refractivity contribution in [2.75, 3.05) is 37.6 Å². The molecule has 6 nitrogen and oxygen atoms in total. The molecule has 1 aliphatic rings. The van der Waals surface area contributed by atoms with Gasteiger partial charge < -0.3 is 20.9 Å². The molecule has 0 aliphatic carbocycles. The highest BCUT2D eigenvalue weighted by Crippen LogP contribution is 2.20. The van der Waals surface area contributed by atoms with Gasteiger partial charge in [-0.3, -0.25) is 9.79 Å². The number of carbonyl (C=O) groups excluding carboxylic acids is 1. The lowest BCUT2D eigenvalue weighted by Crippen LogP contribution is -2.51. The lowest BCUT2D eigenvalue weighted by Gasteiger charge is -2.35. The second-order valence-corrected chi connectivity index (χ2v) is 8.18. The Morgan fingerprint density at radius 3 is 2.79 bits per heavy atom. The van der Waals surface area contributed by atoms with E-state index in [0.717, 1.165) is 44.1 Å². The van der Waals surface area contributed by atoms with Gasteiger partial charge in [0.25, 0.3) is 0 Å². The van der Waals surface area contributed by atoms with Crippen LogP contribution in [0.15, 0.2) is 29.3 Å². The highest BCUT2D eigenvalue weighted by molar-refractivity contribution is 5.81. The van der Waals surface area contributed by atoms with Gasteiger partial charge in [0, 0.05) is 43.3 Å². The molecule has 1 atom stereocenters. The third kappa shape index (κ3) is 7.02. The zero-order chi connectivity index (χ0) is 20.6. The summed E-state index contributed by atoms with van der Waals surface area (Å²) in [6.45, 7) is 11.2. The molecule has 0 bridgehead atoms. The predicted molar refractivity (Wildman–Crippen MR) is 113 cm³/mol. The van der Waals surface area contributed by atoms with Crippen LogP contribution in [0.5, 0.6) is 0 Å². The molecule has 1 fully saturated rings. The zero-order valence-electron chi connectivity index (χ0n) is 17.5. The van der Waals surface area contributed by atoms with E-state index in [2.05, 4.69) is 25.8 Å². The molecule has 0 aromatic heterocycles. The molecular formula is C21H34FN5O. The van der Waals surface area contributed by atoms with Crippen molar-refractivity contribution in [3.8, 4) is 0 Å². The molecule has 1 unspecified atom stereocenters. The van der Waals surface area contributed by atoms with Crippen LogP contribution < -0.4 is 20.9 Å². The number of aliphatic imine (C=N–C) groups is 1. The number of nitrogens with zero attached hydrogens (tertiary/aromatic N) is 2. The normalized spacial score (nSPS) is 18.0. The minimum absolute atomic E-state index is 0.0266. The summed E-state index contributed by atoms with van der Waals surface area (Å²) in [6.07, 6.45) is 2.08. The van der Waals surface area contributed by atoms with Gasteiger partial charge in [0.05, 0.1) is 6.54 Å². The fourth-order valence-electron chi connectivity index (χ4n) is 3.12. The van der Waals surface area contributed by atoms with E-state index in [0.29, 0.717) is 13.1 Å². The van der Waals surface area contributed by atoms with E-state index in [1.165, 1.54) is 6.07 Å². The summed E-state index contributed by atoms with van der Waals surface area (Å²) in [7, 11) is 0. The number of nitrogens with one attached hydrogen (secondary N) is 3. The van der Waals surface area contributed by atoms with Gasteiger partial charge in [0.15, 0.2) is 5.96 Å². The molecule has 1 heterocycles. The maximum absolute atomic E-state index is 13.5. The summed E-state index contributed by atoms with van der Waals surface area (Å²) in [6, 6.07) is 6.98. The van der Waals surface area contributed by atoms with Crippen LogP contribution in [-0.4, -0.2) is 50.6 Å². The average molecular weight is 392 g/mol. The van der Waals surface area contributed by atoms with E-state index in [-0.39, 0.29) is 17.8 Å². The number of halogens is 1. The van der Waals surface area contributed by atoms with Crippen LogP contribution in [0.1, 0.15) is 40.5 Å². The molecule has 2 rings (SSSR count). The van der Waals surface area contributed by atoms with E-state index in [1.54, 1.807) is 12.1 Å². The fourth-order valence-corrected chi connectivity index (χ4v) is 3.12. The van der Waals surface area contributed by atoms with E-state index in [1.807, 2.05) is 33.8 Å². The van der Waals surface area contributed by atoms with E-state index < -0.39 is 5.41 Å². The van der Waals surface area contributed by atoms with Crippen LogP contribution in [0, 0.1) is 11.2 Å². The molecule has 1 aromatic rings. The highest BCUT2D eigenvalue weighted by Gasteiger charge is 2.22. The molecule has 1 amide bonds. The van der Waals surface area contributed by atoms with E-state index in [9.17, 15) is 9.18 Å². The minimum atomic E-state index is -0.394. The first kappa shape index (κ1) is 22.0. The van der Waals surface area contributed by atoms with Crippen molar-refractivity contribution in [2.24, 2.45) is 10.4 Å². The van der Waals surface area contributed by atoms with Crippen LogP contribution in [0.4, 0.5) is 10.1 Å². The minimum Gasteiger partial charge on any atom is -0.369 e. The Morgan fingerprint density at radius 1 is 1.32 bits per heavy atom. The maximum atomic E-state index is 13.5. The van der Waals surface area contributed by atoms with Crippen LogP contribution in [0.25, 0.3) is 0 Å². The number of piperidine rings is 1. The van der Waals surface area contributed by atoms with Crippen molar-refractivity contribution in [1.29, 1.82) is 0 Å². The largest absolute Gasteiger partial charge is 0.369 e. The fraction of sp³-hybridized carbons (Fsp3) is 0.619. The van der Waals surface area contributed by atoms with Gasteiger partial charge in [-0.15, -0.1) is 0 Å². The molecule has 3 N–H and O–H groups in total. The number of rotatable bonds is 6. The van der Waals surface area contributed by atoms with Crippen LogP contribution in [0.2, 0.25) is 0 Å². The highest BCUT2D eigenvalue weighted by atomic mass is 19.1. The Morgan fingerprint density at radius 2 is 2.11 bits per heavy atom. The summed E-state index contributed by atoms with van der Waals surface area (Å²) < 4.78 is 13.5. The lowest BCUT2D eigenvalue weighted by molar-refractivity contribution is -0.128. The Hall–Kier alpha value is -2.31. The van der Waals surface area contributed by atoms with Crippen molar-refractivity contribution in [2.45, 2.75) is 46.6 Å². The van der Waals surface area contributed by atoms with Gasteiger partial charge in [0.1, 0.15) is 5.82 Å². The van der Waals surface area contributed by atoms with Crippen molar-refractivity contribution >= 4 is 17.6 Å². The second-order valence-electron chi connectivity index (χ2n) is 8.18. The van der Waals surface area contributed by atoms with Gasteiger partial charge in [0.2, 0.25) is 5.91 Å². The van der Waals surface area contributed by atoms with Crippen molar-refractivity contribution < 1.29 is 9.18 Å². The number of amides is 1. The first-order valence-electron chi connectivity index (χ1n) is 10.1. The summed E-state index contributed by atoms with van der Waals surface area (Å²) in [4.78, 5) is 18.7. The summed E-state index contributed by atoms with van der Waals surface area (Å²) >= 11 is 0. The monoisotopic (exact) mass is 391 g/mol. The number of carbonyl (C=O) groups is 1. The Labute approximate surface area is 168 Å². The quantitative estimate of drug-likeness (QED) is 0.396. The first-order chi connectivity index (χ1) is 13.3. The Kier molecular flexibility index (Phi) is 8.08. The van der Waals surface area contributed by atoms with E-state index in [4.69, 9.17) is 0 Å². The van der Waals surface area contributed by atoms with Crippen LogP contribution in [-0.2, 0) is 4.79 Å². The zero-order valence-corrected chi connectivity index (χ0v) is 17.5. The third-order valence-electron chi connectivity index (χ3n) is 4.63. The van der Waals surface area contributed by atoms with Crippen molar-refractivity contribution in [3.63, 3.8) is 0 Å². The molecule has 7 heteroatoms. The average Bonchev–Trinajstić information content (AvgIpc) is 2.64. The van der Waals surface area contributed by atoms with Crippen molar-refractivity contribution in [1.82, 2.24) is 16.0 Å². The molecule has 156 valence electrons. The smallest absolute Gasteiger partial charge is 0.225 e. The molecule has 1 saturated heterocycles. The maximum Gasteiger partial charge on any atom is 0.225 e. The number of hydrogen-bond acceptors (Lipinski definition) is 3. The standard InChI is InChI=1S/C21H34FN5O/c1-5-23-20(25-12-11-24-19(28)21(2,3)4)26-17-9-7-13-27(15-17)18-10-6-8-16(22)14-18/h6,8,10,14,17H,5,7,9,11-13,15H2,1-4H3,(H,24,28)(H2,23,25,26). The number of benzene rings is 1. The van der Waals surface area contributed by atoms with Gasteiger partial charge >= 0.3 is 0 Å². The van der Waals surface area contributed by atoms with Gasteiger partial charge in [-0.25, -0.2) is 4.39 Å². The number of hydrogen-bond donors (Lipinski definition) is 3. The summed E-state index contributed by atoms with van der Waals surface area (Å²) in [5.74, 6) is 0.567. The molecule has 0 saturated carbocycles. The molecule has 0 spiro atoms. The molecule has 1 aromatic carbocycles. The second kappa shape index (κ2) is 10.3.